The number of hydrogen-bond acceptors (Lipinski definition) is 3. The van der Waals surface area contributed by atoms with Crippen molar-refractivity contribution in [3.05, 3.63) is 0 Å². The monoisotopic (exact) mass is 308 g/mol. The van der Waals surface area contributed by atoms with Crippen LogP contribution in [0.2, 0.25) is 0 Å². The number of aliphatic hydroxyl groups excluding tert-OH is 1. The summed E-state index contributed by atoms with van der Waals surface area (Å²) in [6, 6.07) is -1.00. The molecule has 3 heterocycles. The molecule has 2 unspecified atom stereocenters. The topological polar surface area (TPSA) is 79.5 Å². The van der Waals surface area contributed by atoms with Crippen LogP contribution in [0, 0.1) is 0 Å². The van der Waals surface area contributed by atoms with Crippen molar-refractivity contribution in [2.24, 2.45) is 4.99 Å². The summed E-state index contributed by atoms with van der Waals surface area (Å²) in [6.45, 7) is 3.77. The number of fused-ring (bicyclic) bond motifs is 1. The Kier molecular flexibility index (Phi) is 3.64. The first-order valence-electron chi connectivity index (χ1n) is 7.62. The largest absolute Gasteiger partial charge is 0.392 e. The average molecular weight is 308 g/mol. The van der Waals surface area contributed by atoms with Gasteiger partial charge in [0.05, 0.1) is 25.7 Å². The molecule has 22 heavy (non-hydrogen) atoms. The Hall–Kier alpha value is -1.96. The van der Waals surface area contributed by atoms with Crippen LogP contribution in [0.4, 0.5) is 4.79 Å². The van der Waals surface area contributed by atoms with Crippen LogP contribution in [0.1, 0.15) is 19.8 Å². The van der Waals surface area contributed by atoms with E-state index in [2.05, 4.69) is 9.57 Å². The number of amidine groups is 1. The molecular formula is C14H22N5O3+. The van der Waals surface area contributed by atoms with E-state index in [1.165, 1.54) is 11.9 Å². The summed E-state index contributed by atoms with van der Waals surface area (Å²) in [5, 5.41) is 9.80. The standard InChI is InChI=1S/C14H22N5O3/c1-9(20)8-19-10-11(15-13(19)18-6-4-5-7-18)16(2)14(22)17(3)12(10)21/h9-10,20H,4-8H2,1-3H3/q+1. The number of guanidine groups is 1. The lowest BCUT2D eigenvalue weighted by Gasteiger charge is -2.33. The number of aliphatic hydroxyl groups is 1. The van der Waals surface area contributed by atoms with Gasteiger partial charge in [-0.05, 0) is 19.8 Å². The summed E-state index contributed by atoms with van der Waals surface area (Å²) >= 11 is 0. The first-order chi connectivity index (χ1) is 10.4. The number of nitrogens with zero attached hydrogens (tertiary/aromatic N) is 5. The summed E-state index contributed by atoms with van der Waals surface area (Å²) in [6.07, 6.45) is 1.59. The van der Waals surface area contributed by atoms with E-state index < -0.39 is 12.1 Å². The van der Waals surface area contributed by atoms with Crippen molar-refractivity contribution in [3.63, 3.8) is 0 Å². The van der Waals surface area contributed by atoms with Gasteiger partial charge < -0.3 is 5.11 Å². The lowest BCUT2D eigenvalue weighted by atomic mass is 10.1. The van der Waals surface area contributed by atoms with Crippen LogP contribution < -0.4 is 0 Å². The van der Waals surface area contributed by atoms with Crippen molar-refractivity contribution in [1.82, 2.24) is 14.7 Å². The Morgan fingerprint density at radius 1 is 1.27 bits per heavy atom. The normalized spacial score (nSPS) is 26.8. The molecule has 2 atom stereocenters. The van der Waals surface area contributed by atoms with Crippen LogP contribution in [0.15, 0.2) is 4.99 Å². The van der Waals surface area contributed by atoms with Crippen LogP contribution in [-0.4, -0.2) is 94.0 Å². The number of amides is 3. The molecule has 0 aromatic carbocycles. The van der Waals surface area contributed by atoms with Crippen molar-refractivity contribution in [3.8, 4) is 0 Å². The first-order valence-corrected chi connectivity index (χ1v) is 7.62. The third-order valence-corrected chi connectivity index (χ3v) is 4.36. The van der Waals surface area contributed by atoms with E-state index in [9.17, 15) is 14.7 Å². The fourth-order valence-corrected chi connectivity index (χ4v) is 3.23. The number of imide groups is 1. The molecule has 0 radical (unpaired) electrons. The highest BCUT2D eigenvalue weighted by Gasteiger charge is 2.55. The molecule has 8 nitrogen and oxygen atoms in total. The number of carbonyl (C=O) groups is 2. The summed E-state index contributed by atoms with van der Waals surface area (Å²) in [7, 11) is 3.11. The summed E-state index contributed by atoms with van der Waals surface area (Å²) in [5.74, 6) is 0.856. The zero-order valence-electron chi connectivity index (χ0n) is 13.2. The second-order valence-electron chi connectivity index (χ2n) is 6.11. The van der Waals surface area contributed by atoms with Gasteiger partial charge in [0.15, 0.2) is 0 Å². The number of likely N-dealkylation sites (N-methyl/N-ethyl adjacent to an activating group) is 2. The molecule has 0 saturated carbocycles. The fraction of sp³-hybridized carbons (Fsp3) is 0.714. The Labute approximate surface area is 129 Å². The molecule has 3 amide bonds. The van der Waals surface area contributed by atoms with Crippen molar-refractivity contribution in [2.75, 3.05) is 33.7 Å². The highest BCUT2D eigenvalue weighted by molar-refractivity contribution is 6.25. The SMILES string of the molecule is CC(O)CN1C(=[N+]2CCCC2)N=C2C1C(=O)N(C)C(=O)N2C. The Bertz CT molecular complexity index is 575. The van der Waals surface area contributed by atoms with E-state index in [1.807, 2.05) is 4.90 Å². The number of hydrogen-bond donors (Lipinski definition) is 1. The lowest BCUT2D eigenvalue weighted by Crippen LogP contribution is -2.63. The molecule has 3 aliphatic rings. The highest BCUT2D eigenvalue weighted by atomic mass is 16.3. The molecule has 0 bridgehead atoms. The summed E-state index contributed by atoms with van der Waals surface area (Å²) < 4.78 is 2.12. The average Bonchev–Trinajstić information content (AvgIpc) is 3.10. The van der Waals surface area contributed by atoms with Crippen LogP contribution in [0.3, 0.4) is 0 Å². The lowest BCUT2D eigenvalue weighted by molar-refractivity contribution is -0.511. The second kappa shape index (κ2) is 5.35. The maximum atomic E-state index is 12.6. The molecule has 2 fully saturated rings. The van der Waals surface area contributed by atoms with E-state index in [0.29, 0.717) is 18.3 Å². The van der Waals surface area contributed by atoms with Crippen molar-refractivity contribution < 1.29 is 19.3 Å². The minimum atomic E-state index is -0.627. The van der Waals surface area contributed by atoms with Gasteiger partial charge in [0, 0.05) is 14.1 Å². The zero-order chi connectivity index (χ0) is 16.0. The number of rotatable bonds is 2. The van der Waals surface area contributed by atoms with E-state index in [1.54, 1.807) is 14.0 Å². The Morgan fingerprint density at radius 2 is 1.91 bits per heavy atom. The zero-order valence-corrected chi connectivity index (χ0v) is 13.2. The minimum absolute atomic E-state index is 0.295. The first kappa shape index (κ1) is 15.0. The fourth-order valence-electron chi connectivity index (χ4n) is 3.23. The quantitative estimate of drug-likeness (QED) is 0.673. The third-order valence-electron chi connectivity index (χ3n) is 4.36. The molecule has 0 aliphatic carbocycles. The Balaban J connectivity index is 2.05. The predicted molar refractivity (Wildman–Crippen MR) is 79.8 cm³/mol. The molecule has 1 N–H and O–H groups in total. The molecule has 0 spiro atoms. The van der Waals surface area contributed by atoms with Crippen LogP contribution in [0.25, 0.3) is 0 Å². The maximum Gasteiger partial charge on any atom is 0.392 e. The number of β-amino-alcohol motifs (C(OH)–C–C–N with tert-alkyl or cyclic N) is 1. The molecule has 8 heteroatoms. The number of carbonyl (C=O) groups excluding carboxylic acids is 2. The minimum Gasteiger partial charge on any atom is -0.390 e. The van der Waals surface area contributed by atoms with Gasteiger partial charge in [-0.1, -0.05) is 4.99 Å². The van der Waals surface area contributed by atoms with Gasteiger partial charge in [0.25, 0.3) is 5.91 Å². The van der Waals surface area contributed by atoms with Gasteiger partial charge in [0.1, 0.15) is 0 Å². The molecule has 0 aromatic heterocycles. The predicted octanol–water partition coefficient (Wildman–Crippen LogP) is -0.864. The van der Waals surface area contributed by atoms with Crippen LogP contribution >= 0.6 is 0 Å². The van der Waals surface area contributed by atoms with E-state index in [-0.39, 0.29) is 11.9 Å². The van der Waals surface area contributed by atoms with Crippen molar-refractivity contribution >= 4 is 23.7 Å². The number of aliphatic imine (C=N–C) groups is 1. The van der Waals surface area contributed by atoms with E-state index in [0.717, 1.165) is 30.8 Å². The molecular weight excluding hydrogens is 286 g/mol. The van der Waals surface area contributed by atoms with Gasteiger partial charge >= 0.3 is 12.0 Å². The molecule has 2 saturated heterocycles. The van der Waals surface area contributed by atoms with Crippen molar-refractivity contribution in [1.29, 1.82) is 0 Å². The summed E-state index contributed by atoms with van der Waals surface area (Å²) in [5.41, 5.74) is 0. The smallest absolute Gasteiger partial charge is 0.390 e. The summed E-state index contributed by atoms with van der Waals surface area (Å²) in [4.78, 5) is 33.6. The Morgan fingerprint density at radius 3 is 2.50 bits per heavy atom. The van der Waals surface area contributed by atoms with Gasteiger partial charge in [-0.15, -0.1) is 0 Å². The number of urea groups is 1. The molecule has 3 aliphatic heterocycles. The van der Waals surface area contributed by atoms with E-state index in [4.69, 9.17) is 0 Å². The van der Waals surface area contributed by atoms with Gasteiger partial charge in [-0.25, -0.2) is 9.69 Å². The maximum absolute atomic E-state index is 12.6. The van der Waals surface area contributed by atoms with Crippen molar-refractivity contribution in [2.45, 2.75) is 31.9 Å². The van der Waals surface area contributed by atoms with Gasteiger partial charge in [-0.2, -0.15) is 0 Å². The molecule has 120 valence electrons. The molecule has 3 rings (SSSR count). The second-order valence-corrected chi connectivity index (χ2v) is 6.11. The molecule has 0 aromatic rings. The third kappa shape index (κ3) is 2.18. The van der Waals surface area contributed by atoms with Crippen LogP contribution in [-0.2, 0) is 4.79 Å². The van der Waals surface area contributed by atoms with E-state index >= 15 is 0 Å². The van der Waals surface area contributed by atoms with Gasteiger partial charge in [0.2, 0.25) is 11.9 Å². The van der Waals surface area contributed by atoms with Gasteiger partial charge in [-0.3, -0.25) is 19.2 Å². The van der Waals surface area contributed by atoms with Crippen LogP contribution in [0.5, 0.6) is 0 Å². The highest BCUT2D eigenvalue weighted by Crippen LogP contribution is 2.24.